The minimum absolute atomic E-state index is 0.0416. The van der Waals surface area contributed by atoms with Gasteiger partial charge in [-0.1, -0.05) is 23.7 Å². The molecule has 0 atom stereocenters. The molecule has 0 heterocycles. The van der Waals surface area contributed by atoms with Crippen molar-refractivity contribution in [2.75, 3.05) is 13.1 Å². The fourth-order valence-electron chi connectivity index (χ4n) is 1.38. The van der Waals surface area contributed by atoms with Crippen molar-refractivity contribution in [3.8, 4) is 0 Å². The molecule has 3 heteroatoms. The maximum absolute atomic E-state index is 11.7. The van der Waals surface area contributed by atoms with Crippen molar-refractivity contribution in [1.29, 1.82) is 0 Å². The van der Waals surface area contributed by atoms with E-state index in [1.807, 2.05) is 38.1 Å². The summed E-state index contributed by atoms with van der Waals surface area (Å²) in [6.45, 7) is 5.41. The molecule has 0 unspecified atom stereocenters. The van der Waals surface area contributed by atoms with Gasteiger partial charge in [0, 0.05) is 24.2 Å². The molecule has 0 saturated carbocycles. The van der Waals surface area contributed by atoms with E-state index in [4.69, 9.17) is 11.6 Å². The third kappa shape index (κ3) is 3.70. The van der Waals surface area contributed by atoms with Crippen molar-refractivity contribution in [1.82, 2.24) is 4.90 Å². The number of rotatable bonds is 4. The molecular weight excluding hydrogens is 222 g/mol. The van der Waals surface area contributed by atoms with Crippen LogP contribution in [0.4, 0.5) is 0 Å². The van der Waals surface area contributed by atoms with Crippen molar-refractivity contribution in [2.45, 2.75) is 13.8 Å². The van der Waals surface area contributed by atoms with E-state index in [9.17, 15) is 4.79 Å². The molecule has 0 radical (unpaired) electrons. The Labute approximate surface area is 102 Å². The first-order chi connectivity index (χ1) is 7.67. The van der Waals surface area contributed by atoms with E-state index < -0.39 is 0 Å². The lowest BCUT2D eigenvalue weighted by atomic mass is 10.2. The molecule has 16 heavy (non-hydrogen) atoms. The highest BCUT2D eigenvalue weighted by molar-refractivity contribution is 6.30. The van der Waals surface area contributed by atoms with Crippen molar-refractivity contribution in [2.24, 2.45) is 0 Å². The summed E-state index contributed by atoms with van der Waals surface area (Å²) in [5.74, 6) is 0.0416. The molecule has 0 aliphatic carbocycles. The van der Waals surface area contributed by atoms with Crippen LogP contribution in [0.15, 0.2) is 30.3 Å². The van der Waals surface area contributed by atoms with Crippen molar-refractivity contribution >= 4 is 23.6 Å². The average Bonchev–Trinajstić information content (AvgIpc) is 2.30. The van der Waals surface area contributed by atoms with Gasteiger partial charge in [0.15, 0.2) is 0 Å². The predicted molar refractivity (Wildman–Crippen MR) is 68.4 cm³/mol. The van der Waals surface area contributed by atoms with Crippen LogP contribution >= 0.6 is 11.6 Å². The minimum Gasteiger partial charge on any atom is -0.340 e. The Morgan fingerprint density at radius 3 is 2.31 bits per heavy atom. The molecule has 86 valence electrons. The van der Waals surface area contributed by atoms with Crippen molar-refractivity contribution in [3.05, 3.63) is 40.9 Å². The second-order valence-electron chi connectivity index (χ2n) is 3.40. The maximum atomic E-state index is 11.7. The monoisotopic (exact) mass is 237 g/mol. The average molecular weight is 238 g/mol. The van der Waals surface area contributed by atoms with Gasteiger partial charge in [-0.15, -0.1) is 0 Å². The Hall–Kier alpha value is -1.28. The van der Waals surface area contributed by atoms with E-state index >= 15 is 0 Å². The summed E-state index contributed by atoms with van der Waals surface area (Å²) in [5.41, 5.74) is 0.977. The van der Waals surface area contributed by atoms with Crippen LogP contribution in [0.25, 0.3) is 6.08 Å². The smallest absolute Gasteiger partial charge is 0.246 e. The Bertz CT molecular complexity index is 366. The highest BCUT2D eigenvalue weighted by Gasteiger charge is 2.03. The molecule has 1 aromatic carbocycles. The molecule has 0 spiro atoms. The summed E-state index contributed by atoms with van der Waals surface area (Å²) in [6, 6.07) is 7.38. The molecule has 2 nitrogen and oxygen atoms in total. The second kappa shape index (κ2) is 6.33. The van der Waals surface area contributed by atoms with Crippen LogP contribution in [-0.4, -0.2) is 23.9 Å². The van der Waals surface area contributed by atoms with Gasteiger partial charge in [0.25, 0.3) is 0 Å². The molecule has 0 aliphatic heterocycles. The van der Waals surface area contributed by atoms with Crippen LogP contribution in [0.2, 0.25) is 5.02 Å². The molecule has 0 N–H and O–H groups in total. The fourth-order valence-corrected chi connectivity index (χ4v) is 1.51. The van der Waals surface area contributed by atoms with Crippen LogP contribution in [-0.2, 0) is 4.79 Å². The third-order valence-corrected chi connectivity index (χ3v) is 2.62. The molecular formula is C13H16ClNO. The quantitative estimate of drug-likeness (QED) is 0.737. The minimum atomic E-state index is 0.0416. The van der Waals surface area contributed by atoms with Gasteiger partial charge in [0.2, 0.25) is 5.91 Å². The Kier molecular flexibility index (Phi) is 5.06. The number of amides is 1. The highest BCUT2D eigenvalue weighted by Crippen LogP contribution is 2.10. The summed E-state index contributed by atoms with van der Waals surface area (Å²) in [6.07, 6.45) is 3.40. The lowest BCUT2D eigenvalue weighted by molar-refractivity contribution is -0.125. The first kappa shape index (κ1) is 12.8. The van der Waals surface area contributed by atoms with Gasteiger partial charge in [0.1, 0.15) is 0 Å². The Balaban J connectivity index is 2.66. The van der Waals surface area contributed by atoms with E-state index in [-0.39, 0.29) is 5.91 Å². The van der Waals surface area contributed by atoms with E-state index in [1.165, 1.54) is 0 Å². The normalized spacial score (nSPS) is 10.7. The summed E-state index contributed by atoms with van der Waals surface area (Å²) in [4.78, 5) is 13.4. The molecule has 1 rings (SSSR count). The number of halogens is 1. The molecule has 0 aliphatic rings. The van der Waals surface area contributed by atoms with E-state index in [2.05, 4.69) is 0 Å². The molecule has 1 aromatic rings. The van der Waals surface area contributed by atoms with Gasteiger partial charge in [-0.25, -0.2) is 0 Å². The topological polar surface area (TPSA) is 20.3 Å². The van der Waals surface area contributed by atoms with Crippen molar-refractivity contribution < 1.29 is 4.79 Å². The number of hydrogen-bond acceptors (Lipinski definition) is 1. The Morgan fingerprint density at radius 2 is 1.81 bits per heavy atom. The molecule has 0 aromatic heterocycles. The first-order valence-corrected chi connectivity index (χ1v) is 5.77. The van der Waals surface area contributed by atoms with Gasteiger partial charge < -0.3 is 4.90 Å². The van der Waals surface area contributed by atoms with Gasteiger partial charge in [0.05, 0.1) is 0 Å². The van der Waals surface area contributed by atoms with Crippen LogP contribution < -0.4 is 0 Å². The van der Waals surface area contributed by atoms with Crippen molar-refractivity contribution in [3.63, 3.8) is 0 Å². The summed E-state index contributed by atoms with van der Waals surface area (Å²) >= 11 is 5.77. The standard InChI is InChI=1S/C13H16ClNO/c1-3-15(4-2)13(16)10-7-11-5-8-12(14)9-6-11/h5-10H,3-4H2,1-2H3/b10-7-. The lowest BCUT2D eigenvalue weighted by Crippen LogP contribution is -2.28. The SMILES string of the molecule is CCN(CC)C(=O)/C=C\c1ccc(Cl)cc1. The van der Waals surface area contributed by atoms with Crippen LogP contribution in [0.5, 0.6) is 0 Å². The molecule has 0 saturated heterocycles. The summed E-state index contributed by atoms with van der Waals surface area (Å²) in [7, 11) is 0. The number of carbonyl (C=O) groups excluding carboxylic acids is 1. The summed E-state index contributed by atoms with van der Waals surface area (Å²) in [5, 5.41) is 0.701. The number of carbonyl (C=O) groups is 1. The molecule has 0 bridgehead atoms. The molecule has 0 fully saturated rings. The molecule has 1 amide bonds. The van der Waals surface area contributed by atoms with Crippen LogP contribution in [0.1, 0.15) is 19.4 Å². The van der Waals surface area contributed by atoms with Gasteiger partial charge in [-0.05, 0) is 37.6 Å². The predicted octanol–water partition coefficient (Wildman–Crippen LogP) is 3.22. The van der Waals surface area contributed by atoms with Crippen LogP contribution in [0, 0.1) is 0 Å². The number of benzene rings is 1. The lowest BCUT2D eigenvalue weighted by Gasteiger charge is -2.15. The number of likely N-dealkylation sites (N-methyl/N-ethyl adjacent to an activating group) is 1. The number of nitrogens with zero attached hydrogens (tertiary/aromatic N) is 1. The van der Waals surface area contributed by atoms with Gasteiger partial charge in [-0.2, -0.15) is 0 Å². The highest BCUT2D eigenvalue weighted by atomic mass is 35.5. The zero-order valence-electron chi connectivity index (χ0n) is 9.61. The zero-order valence-corrected chi connectivity index (χ0v) is 10.4. The maximum Gasteiger partial charge on any atom is 0.246 e. The van der Waals surface area contributed by atoms with E-state index in [0.717, 1.165) is 18.7 Å². The van der Waals surface area contributed by atoms with Gasteiger partial charge in [-0.3, -0.25) is 4.79 Å². The van der Waals surface area contributed by atoms with E-state index in [1.54, 1.807) is 17.1 Å². The Morgan fingerprint density at radius 1 is 1.25 bits per heavy atom. The van der Waals surface area contributed by atoms with Gasteiger partial charge >= 0.3 is 0 Å². The van der Waals surface area contributed by atoms with Crippen LogP contribution in [0.3, 0.4) is 0 Å². The largest absolute Gasteiger partial charge is 0.340 e. The second-order valence-corrected chi connectivity index (χ2v) is 3.83. The third-order valence-electron chi connectivity index (χ3n) is 2.36. The van der Waals surface area contributed by atoms with E-state index in [0.29, 0.717) is 5.02 Å². The number of hydrogen-bond donors (Lipinski definition) is 0. The first-order valence-electron chi connectivity index (χ1n) is 5.40. The fraction of sp³-hybridized carbons (Fsp3) is 0.308. The summed E-state index contributed by atoms with van der Waals surface area (Å²) < 4.78 is 0. The zero-order chi connectivity index (χ0) is 12.0.